The minimum absolute atomic E-state index is 0.168. The Hall–Kier alpha value is -3.87. The molecule has 7 heteroatoms. The third kappa shape index (κ3) is 3.43. The summed E-state index contributed by atoms with van der Waals surface area (Å²) in [4.78, 5) is 16.9. The summed E-state index contributed by atoms with van der Waals surface area (Å²) in [7, 11) is 1.61. The first-order valence-electron chi connectivity index (χ1n) is 8.25. The molecule has 0 aliphatic rings. The first-order valence-corrected chi connectivity index (χ1v) is 8.25. The van der Waals surface area contributed by atoms with E-state index in [0.29, 0.717) is 11.4 Å². The van der Waals surface area contributed by atoms with Crippen LogP contribution in [0.4, 0.5) is 5.95 Å². The number of ether oxygens (including phenoxy) is 1. The summed E-state index contributed by atoms with van der Waals surface area (Å²) < 4.78 is 10.5. The fourth-order valence-corrected chi connectivity index (χ4v) is 2.68. The van der Waals surface area contributed by atoms with Gasteiger partial charge in [0.2, 0.25) is 5.95 Å². The molecule has 0 unspecified atom stereocenters. The predicted octanol–water partition coefficient (Wildman–Crippen LogP) is 3.99. The van der Waals surface area contributed by atoms with Crippen molar-refractivity contribution >= 4 is 11.9 Å². The zero-order valence-electron chi connectivity index (χ0n) is 14.5. The van der Waals surface area contributed by atoms with E-state index in [1.54, 1.807) is 13.2 Å². The summed E-state index contributed by atoms with van der Waals surface area (Å²) in [6.45, 7) is 0. The number of nitrogens with one attached hydrogen (secondary N) is 2. The third-order valence-corrected chi connectivity index (χ3v) is 4.03. The first kappa shape index (κ1) is 16.6. The van der Waals surface area contributed by atoms with Crippen molar-refractivity contribution in [2.45, 2.75) is 0 Å². The maximum atomic E-state index is 12.6. The van der Waals surface area contributed by atoms with E-state index in [-0.39, 0.29) is 11.7 Å². The molecule has 4 rings (SSSR count). The summed E-state index contributed by atoms with van der Waals surface area (Å²) in [5.41, 5.74) is 2.43. The second kappa shape index (κ2) is 7.17. The van der Waals surface area contributed by atoms with Gasteiger partial charge in [0.05, 0.1) is 13.4 Å². The summed E-state index contributed by atoms with van der Waals surface area (Å²) in [6, 6.07) is 18.7. The molecule has 2 aromatic carbocycles. The Morgan fingerprint density at radius 2 is 1.81 bits per heavy atom. The maximum absolute atomic E-state index is 12.6. The molecule has 0 fully saturated rings. The van der Waals surface area contributed by atoms with Gasteiger partial charge in [0.25, 0.3) is 5.91 Å². The highest BCUT2D eigenvalue weighted by Crippen LogP contribution is 2.25. The summed E-state index contributed by atoms with van der Waals surface area (Å²) in [6.07, 6.45) is 1.48. The molecule has 0 aliphatic heterocycles. The van der Waals surface area contributed by atoms with E-state index < -0.39 is 5.91 Å². The lowest BCUT2D eigenvalue weighted by Gasteiger charge is -2.02. The van der Waals surface area contributed by atoms with Crippen LogP contribution in [0.3, 0.4) is 0 Å². The van der Waals surface area contributed by atoms with Crippen LogP contribution < -0.4 is 10.1 Å². The number of hydrogen-bond donors (Lipinski definition) is 2. The molecule has 0 bridgehead atoms. The van der Waals surface area contributed by atoms with E-state index in [1.165, 1.54) is 6.26 Å². The number of anilines is 1. The number of carbonyl (C=O) groups excluding carboxylic acids is 1. The molecule has 4 aromatic rings. The van der Waals surface area contributed by atoms with Gasteiger partial charge in [-0.25, -0.2) is 0 Å². The van der Waals surface area contributed by atoms with Crippen LogP contribution >= 0.6 is 0 Å². The van der Waals surface area contributed by atoms with Crippen molar-refractivity contribution in [1.29, 1.82) is 0 Å². The lowest BCUT2D eigenvalue weighted by atomic mass is 10.1. The highest BCUT2D eigenvalue weighted by Gasteiger charge is 2.18. The molecule has 0 atom stereocenters. The Morgan fingerprint density at radius 1 is 1.04 bits per heavy atom. The largest absolute Gasteiger partial charge is 0.497 e. The average molecular weight is 360 g/mol. The van der Waals surface area contributed by atoms with Crippen LogP contribution in [0.15, 0.2) is 71.3 Å². The topological polar surface area (TPSA) is 93.0 Å². The standard InChI is InChI=1S/C20H16N4O3/c1-26-15-9-7-14(8-10-15)18-21-20(24-23-18)22-19(25)17-16(11-12-27-17)13-5-3-2-4-6-13/h2-12H,1H3,(H2,21,22,23,24,25). The van der Waals surface area contributed by atoms with Gasteiger partial charge in [-0.3, -0.25) is 15.2 Å². The minimum atomic E-state index is -0.417. The van der Waals surface area contributed by atoms with E-state index in [4.69, 9.17) is 9.15 Å². The normalized spacial score (nSPS) is 10.6. The number of furan rings is 1. The average Bonchev–Trinajstić information content (AvgIpc) is 3.38. The van der Waals surface area contributed by atoms with E-state index in [1.807, 2.05) is 54.6 Å². The van der Waals surface area contributed by atoms with Crippen LogP contribution in [-0.2, 0) is 0 Å². The van der Waals surface area contributed by atoms with Crippen LogP contribution in [0.1, 0.15) is 10.6 Å². The smallest absolute Gasteiger partial charge is 0.294 e. The zero-order chi connectivity index (χ0) is 18.6. The van der Waals surface area contributed by atoms with Gasteiger partial charge in [0, 0.05) is 11.1 Å². The van der Waals surface area contributed by atoms with Crippen molar-refractivity contribution in [3.8, 4) is 28.3 Å². The molecule has 27 heavy (non-hydrogen) atoms. The van der Waals surface area contributed by atoms with Crippen molar-refractivity contribution < 1.29 is 13.9 Å². The van der Waals surface area contributed by atoms with Crippen molar-refractivity contribution in [3.63, 3.8) is 0 Å². The fourth-order valence-electron chi connectivity index (χ4n) is 2.68. The number of benzene rings is 2. The highest BCUT2D eigenvalue weighted by atomic mass is 16.5. The third-order valence-electron chi connectivity index (χ3n) is 4.03. The number of nitrogens with zero attached hydrogens (tertiary/aromatic N) is 2. The Balaban J connectivity index is 1.53. The van der Waals surface area contributed by atoms with Crippen molar-refractivity contribution in [1.82, 2.24) is 15.2 Å². The number of aromatic nitrogens is 3. The summed E-state index contributed by atoms with van der Waals surface area (Å²) in [5, 5.41) is 9.51. The number of hydrogen-bond acceptors (Lipinski definition) is 5. The molecule has 0 saturated heterocycles. The Labute approximate surface area is 155 Å². The molecule has 0 radical (unpaired) electrons. The minimum Gasteiger partial charge on any atom is -0.497 e. The quantitative estimate of drug-likeness (QED) is 0.561. The molecule has 2 aromatic heterocycles. The monoisotopic (exact) mass is 360 g/mol. The Kier molecular flexibility index (Phi) is 4.40. The lowest BCUT2D eigenvalue weighted by Crippen LogP contribution is -2.13. The SMILES string of the molecule is COc1ccc(-c2nc(NC(=O)c3occc3-c3ccccc3)n[nH]2)cc1. The first-order chi connectivity index (χ1) is 13.2. The highest BCUT2D eigenvalue weighted by molar-refractivity contribution is 6.05. The van der Waals surface area contributed by atoms with Crippen LogP contribution in [0.25, 0.3) is 22.5 Å². The summed E-state index contributed by atoms with van der Waals surface area (Å²) >= 11 is 0. The van der Waals surface area contributed by atoms with Gasteiger partial charge in [0.1, 0.15) is 5.75 Å². The van der Waals surface area contributed by atoms with Crippen LogP contribution in [0.5, 0.6) is 5.75 Å². The molecule has 7 nitrogen and oxygen atoms in total. The van der Waals surface area contributed by atoms with E-state index >= 15 is 0 Å². The number of H-pyrrole nitrogens is 1. The summed E-state index contributed by atoms with van der Waals surface area (Å²) in [5.74, 6) is 1.24. The van der Waals surface area contributed by atoms with E-state index in [9.17, 15) is 4.79 Å². The van der Waals surface area contributed by atoms with E-state index in [2.05, 4.69) is 20.5 Å². The van der Waals surface area contributed by atoms with Gasteiger partial charge in [0.15, 0.2) is 11.6 Å². The van der Waals surface area contributed by atoms with Gasteiger partial charge in [-0.15, -0.1) is 5.10 Å². The molecular formula is C20H16N4O3. The predicted molar refractivity (Wildman–Crippen MR) is 100 cm³/mol. The van der Waals surface area contributed by atoms with Crippen LogP contribution in [0, 0.1) is 0 Å². The molecule has 134 valence electrons. The molecule has 0 aliphatic carbocycles. The van der Waals surface area contributed by atoms with E-state index in [0.717, 1.165) is 16.9 Å². The van der Waals surface area contributed by atoms with Crippen molar-refractivity contribution in [2.75, 3.05) is 12.4 Å². The number of methoxy groups -OCH3 is 1. The van der Waals surface area contributed by atoms with Gasteiger partial charge >= 0.3 is 0 Å². The van der Waals surface area contributed by atoms with Gasteiger partial charge < -0.3 is 9.15 Å². The van der Waals surface area contributed by atoms with Crippen molar-refractivity contribution in [2.24, 2.45) is 0 Å². The number of carbonyl (C=O) groups is 1. The molecule has 0 spiro atoms. The second-order valence-electron chi connectivity index (χ2n) is 5.72. The Bertz CT molecular complexity index is 1050. The second-order valence-corrected chi connectivity index (χ2v) is 5.72. The molecule has 1 amide bonds. The molecule has 0 saturated carbocycles. The number of aromatic amines is 1. The molecular weight excluding hydrogens is 344 g/mol. The molecule has 2 N–H and O–H groups in total. The van der Waals surface area contributed by atoms with Crippen LogP contribution in [-0.4, -0.2) is 28.2 Å². The van der Waals surface area contributed by atoms with Crippen LogP contribution in [0.2, 0.25) is 0 Å². The fraction of sp³-hybridized carbons (Fsp3) is 0.0500. The van der Waals surface area contributed by atoms with Gasteiger partial charge in [-0.2, -0.15) is 4.98 Å². The Morgan fingerprint density at radius 3 is 2.56 bits per heavy atom. The number of rotatable bonds is 5. The van der Waals surface area contributed by atoms with Gasteiger partial charge in [-0.05, 0) is 35.9 Å². The zero-order valence-corrected chi connectivity index (χ0v) is 14.5. The molecule has 2 heterocycles. The maximum Gasteiger partial charge on any atom is 0.294 e. The lowest BCUT2D eigenvalue weighted by molar-refractivity contribution is 0.0996. The number of amides is 1. The van der Waals surface area contributed by atoms with Crippen molar-refractivity contribution in [3.05, 3.63) is 72.7 Å². The van der Waals surface area contributed by atoms with Gasteiger partial charge in [-0.1, -0.05) is 30.3 Å².